The maximum absolute atomic E-state index is 13.4. The standard InChI is InChI=1S/C16H12F3N5OS/c17-16(18,19)24-14(12-8-4-5-9-20-12)22-23-15(24)26-10-13(25)21-11-6-2-1-3-7-11/h1-9H,10H2,(H,21,25). The van der Waals surface area contributed by atoms with E-state index in [1.165, 1.54) is 12.3 Å². The molecule has 0 bridgehead atoms. The second kappa shape index (κ2) is 7.56. The van der Waals surface area contributed by atoms with E-state index >= 15 is 0 Å². The van der Waals surface area contributed by atoms with Crippen LogP contribution in [0.3, 0.4) is 0 Å². The smallest absolute Gasteiger partial charge is 0.325 e. The topological polar surface area (TPSA) is 72.7 Å². The summed E-state index contributed by atoms with van der Waals surface area (Å²) in [7, 11) is 0. The van der Waals surface area contributed by atoms with Gasteiger partial charge in [0.1, 0.15) is 5.69 Å². The van der Waals surface area contributed by atoms with Crippen LogP contribution in [0.5, 0.6) is 0 Å². The second-order valence-corrected chi connectivity index (χ2v) is 5.97. The van der Waals surface area contributed by atoms with Crippen LogP contribution in [-0.2, 0) is 11.1 Å². The molecule has 1 amide bonds. The first-order valence-electron chi connectivity index (χ1n) is 7.37. The number of pyridine rings is 1. The number of nitrogens with one attached hydrogen (secondary N) is 1. The Bertz CT molecular complexity index is 884. The Labute approximate surface area is 150 Å². The van der Waals surface area contributed by atoms with Gasteiger partial charge in [0, 0.05) is 11.9 Å². The Morgan fingerprint density at radius 2 is 1.81 bits per heavy atom. The van der Waals surface area contributed by atoms with Crippen molar-refractivity contribution in [1.82, 2.24) is 19.7 Å². The summed E-state index contributed by atoms with van der Waals surface area (Å²) in [4.78, 5) is 15.8. The van der Waals surface area contributed by atoms with E-state index in [0.29, 0.717) is 17.4 Å². The third-order valence-corrected chi connectivity index (χ3v) is 4.10. The number of nitrogens with zero attached hydrogens (tertiary/aromatic N) is 4. The summed E-state index contributed by atoms with van der Waals surface area (Å²) >= 11 is 0.646. The molecule has 0 aliphatic rings. The van der Waals surface area contributed by atoms with Crippen LogP contribution in [0.4, 0.5) is 18.9 Å². The van der Waals surface area contributed by atoms with Gasteiger partial charge in [-0.3, -0.25) is 9.78 Å². The van der Waals surface area contributed by atoms with Crippen molar-refractivity contribution in [3.05, 3.63) is 54.7 Å². The zero-order valence-corrected chi connectivity index (χ0v) is 14.0. The van der Waals surface area contributed by atoms with Crippen molar-refractivity contribution in [3.63, 3.8) is 0 Å². The highest BCUT2D eigenvalue weighted by Crippen LogP contribution is 2.33. The number of carbonyl (C=O) groups is 1. The summed E-state index contributed by atoms with van der Waals surface area (Å²) in [5.74, 6) is -1.12. The van der Waals surface area contributed by atoms with Gasteiger partial charge in [0.2, 0.25) is 5.91 Å². The number of para-hydroxylation sites is 1. The van der Waals surface area contributed by atoms with E-state index in [-0.39, 0.29) is 16.0 Å². The van der Waals surface area contributed by atoms with Crippen molar-refractivity contribution in [2.24, 2.45) is 0 Å². The Kier molecular flexibility index (Phi) is 5.21. The number of thioether (sulfide) groups is 1. The molecule has 1 N–H and O–H groups in total. The molecule has 134 valence electrons. The van der Waals surface area contributed by atoms with Gasteiger partial charge in [-0.05, 0) is 24.3 Å². The zero-order valence-electron chi connectivity index (χ0n) is 13.1. The van der Waals surface area contributed by atoms with Crippen molar-refractivity contribution in [1.29, 1.82) is 0 Å². The van der Waals surface area contributed by atoms with Gasteiger partial charge in [-0.15, -0.1) is 23.4 Å². The molecular formula is C16H12F3N5OS. The number of amides is 1. The molecule has 1 aromatic carbocycles. The normalized spacial score (nSPS) is 11.3. The first kappa shape index (κ1) is 17.9. The van der Waals surface area contributed by atoms with Crippen molar-refractivity contribution in [2.75, 3.05) is 11.1 Å². The molecule has 0 spiro atoms. The molecule has 0 unspecified atom stereocenters. The summed E-state index contributed by atoms with van der Waals surface area (Å²) < 4.78 is 40.3. The number of anilines is 1. The summed E-state index contributed by atoms with van der Waals surface area (Å²) in [5.41, 5.74) is 0.600. The number of carbonyl (C=O) groups excluding carboxylic acids is 1. The van der Waals surface area contributed by atoms with E-state index in [1.807, 2.05) is 0 Å². The lowest BCUT2D eigenvalue weighted by atomic mass is 10.3. The number of hydrogen-bond acceptors (Lipinski definition) is 5. The number of aromatic nitrogens is 4. The zero-order chi connectivity index (χ0) is 18.6. The molecule has 3 aromatic rings. The van der Waals surface area contributed by atoms with Gasteiger partial charge >= 0.3 is 6.30 Å². The highest BCUT2D eigenvalue weighted by Gasteiger charge is 2.38. The van der Waals surface area contributed by atoms with E-state index < -0.39 is 23.2 Å². The summed E-state index contributed by atoms with van der Waals surface area (Å²) in [5, 5.41) is 9.34. The largest absolute Gasteiger partial charge is 0.492 e. The first-order chi connectivity index (χ1) is 12.4. The fraction of sp³-hybridized carbons (Fsp3) is 0.125. The third-order valence-electron chi connectivity index (χ3n) is 3.17. The van der Waals surface area contributed by atoms with Crippen molar-refractivity contribution in [2.45, 2.75) is 11.5 Å². The number of alkyl halides is 3. The predicted octanol–water partition coefficient (Wildman–Crippen LogP) is 3.55. The Morgan fingerprint density at radius 3 is 2.46 bits per heavy atom. The van der Waals surface area contributed by atoms with Crippen LogP contribution in [0, 0.1) is 0 Å². The van der Waals surface area contributed by atoms with Crippen LogP contribution >= 0.6 is 11.8 Å². The second-order valence-electron chi connectivity index (χ2n) is 5.03. The van der Waals surface area contributed by atoms with Crippen LogP contribution < -0.4 is 5.32 Å². The van der Waals surface area contributed by atoms with Crippen molar-refractivity contribution < 1.29 is 18.0 Å². The van der Waals surface area contributed by atoms with E-state index in [4.69, 9.17) is 0 Å². The molecule has 0 fully saturated rings. The number of benzene rings is 1. The predicted molar refractivity (Wildman–Crippen MR) is 90.3 cm³/mol. The Hall–Kier alpha value is -2.88. The molecular weight excluding hydrogens is 367 g/mol. The average molecular weight is 379 g/mol. The average Bonchev–Trinajstić information content (AvgIpc) is 3.06. The molecule has 6 nitrogen and oxygen atoms in total. The molecule has 2 heterocycles. The fourth-order valence-electron chi connectivity index (χ4n) is 2.10. The number of rotatable bonds is 5. The molecule has 0 saturated heterocycles. The van der Waals surface area contributed by atoms with E-state index in [1.54, 1.807) is 42.5 Å². The van der Waals surface area contributed by atoms with Gasteiger partial charge in [0.25, 0.3) is 0 Å². The van der Waals surface area contributed by atoms with Gasteiger partial charge < -0.3 is 5.32 Å². The Balaban J connectivity index is 1.78. The van der Waals surface area contributed by atoms with E-state index in [0.717, 1.165) is 0 Å². The lowest BCUT2D eigenvalue weighted by Gasteiger charge is -2.12. The number of halogens is 3. The molecule has 0 aliphatic carbocycles. The molecule has 3 rings (SSSR count). The van der Waals surface area contributed by atoms with E-state index in [9.17, 15) is 18.0 Å². The minimum absolute atomic E-state index is 0.0236. The Morgan fingerprint density at radius 1 is 1.08 bits per heavy atom. The minimum Gasteiger partial charge on any atom is -0.325 e. The van der Waals surface area contributed by atoms with Gasteiger partial charge in [0.05, 0.1) is 5.75 Å². The molecule has 2 aromatic heterocycles. The molecule has 0 aliphatic heterocycles. The van der Waals surface area contributed by atoms with Crippen LogP contribution in [0.2, 0.25) is 0 Å². The lowest BCUT2D eigenvalue weighted by molar-refractivity contribution is -0.208. The first-order valence-corrected chi connectivity index (χ1v) is 8.35. The van der Waals surface area contributed by atoms with Crippen LogP contribution in [-0.4, -0.2) is 31.4 Å². The van der Waals surface area contributed by atoms with Crippen LogP contribution in [0.15, 0.2) is 59.9 Å². The van der Waals surface area contributed by atoms with Crippen molar-refractivity contribution in [3.8, 4) is 11.5 Å². The van der Waals surface area contributed by atoms with Gasteiger partial charge in [0.15, 0.2) is 11.0 Å². The number of hydrogen-bond donors (Lipinski definition) is 1. The molecule has 10 heteroatoms. The molecule has 26 heavy (non-hydrogen) atoms. The monoisotopic (exact) mass is 379 g/mol. The summed E-state index contributed by atoms with van der Waals surface area (Å²) in [6.07, 6.45) is -3.38. The maximum Gasteiger partial charge on any atom is 0.492 e. The van der Waals surface area contributed by atoms with Crippen LogP contribution in [0.1, 0.15) is 0 Å². The molecule has 0 saturated carbocycles. The lowest BCUT2D eigenvalue weighted by Crippen LogP contribution is -2.20. The molecule has 0 atom stereocenters. The summed E-state index contributed by atoms with van der Waals surface area (Å²) in [6.45, 7) is 0. The van der Waals surface area contributed by atoms with Crippen LogP contribution in [0.25, 0.3) is 11.5 Å². The fourth-order valence-corrected chi connectivity index (χ4v) is 2.85. The van der Waals surface area contributed by atoms with E-state index in [2.05, 4.69) is 20.5 Å². The SMILES string of the molecule is O=C(CSc1nnc(-c2ccccn2)n1C(F)(F)F)Nc1ccccc1. The van der Waals surface area contributed by atoms with Gasteiger partial charge in [-0.2, -0.15) is 0 Å². The minimum atomic E-state index is -4.74. The quantitative estimate of drug-likeness (QED) is 0.687. The maximum atomic E-state index is 13.4. The third kappa shape index (κ3) is 4.20. The highest BCUT2D eigenvalue weighted by atomic mass is 32.2. The summed E-state index contributed by atoms with van der Waals surface area (Å²) in [6, 6.07) is 13.2. The van der Waals surface area contributed by atoms with Gasteiger partial charge in [-0.1, -0.05) is 36.0 Å². The van der Waals surface area contributed by atoms with Gasteiger partial charge in [-0.25, -0.2) is 4.57 Å². The highest BCUT2D eigenvalue weighted by molar-refractivity contribution is 7.99. The molecule has 0 radical (unpaired) electrons. The van der Waals surface area contributed by atoms with Crippen molar-refractivity contribution >= 4 is 23.4 Å².